The number of rotatable bonds is 4. The molecule has 2 aromatic carbocycles. The summed E-state index contributed by atoms with van der Waals surface area (Å²) in [7, 11) is 0. The number of imidazole rings is 1. The van der Waals surface area contributed by atoms with Crippen LogP contribution in [0.2, 0.25) is 0 Å². The van der Waals surface area contributed by atoms with Crippen LogP contribution in [0.15, 0.2) is 79.4 Å². The van der Waals surface area contributed by atoms with Crippen LogP contribution in [0.5, 0.6) is 0 Å². The van der Waals surface area contributed by atoms with Gasteiger partial charge in [0.15, 0.2) is 0 Å². The van der Waals surface area contributed by atoms with Crippen molar-refractivity contribution in [2.75, 3.05) is 0 Å². The monoisotopic (exact) mass is 397 g/mol. The Morgan fingerprint density at radius 3 is 2.73 bits per heavy atom. The molecule has 0 saturated heterocycles. The van der Waals surface area contributed by atoms with Crippen molar-refractivity contribution >= 4 is 22.6 Å². The maximum absolute atomic E-state index is 13.2. The van der Waals surface area contributed by atoms with E-state index in [1.807, 2.05) is 28.9 Å². The first-order valence-corrected chi connectivity index (χ1v) is 9.38. The Bertz CT molecular complexity index is 1380. The quantitative estimate of drug-likeness (QED) is 0.497. The van der Waals surface area contributed by atoms with E-state index in [1.54, 1.807) is 42.7 Å². The van der Waals surface area contributed by atoms with E-state index in [1.165, 1.54) is 12.1 Å². The van der Waals surface area contributed by atoms with E-state index < -0.39 is 0 Å². The van der Waals surface area contributed by atoms with Crippen molar-refractivity contribution in [2.24, 2.45) is 0 Å². The van der Waals surface area contributed by atoms with Gasteiger partial charge in [0, 0.05) is 36.3 Å². The van der Waals surface area contributed by atoms with E-state index in [2.05, 4.69) is 20.3 Å². The van der Waals surface area contributed by atoms with Crippen LogP contribution in [0.25, 0.3) is 27.9 Å². The second-order valence-corrected chi connectivity index (χ2v) is 6.88. The van der Waals surface area contributed by atoms with Crippen molar-refractivity contribution in [1.29, 1.82) is 0 Å². The molecule has 0 atom stereocenters. The molecule has 5 rings (SSSR count). The lowest BCUT2D eigenvalue weighted by Crippen LogP contribution is -2.22. The molecule has 0 unspecified atom stereocenters. The fraction of sp³-hybridized carbons (Fsp3) is 0.0435. The van der Waals surface area contributed by atoms with Gasteiger partial charge in [0.25, 0.3) is 5.91 Å². The van der Waals surface area contributed by atoms with Crippen LogP contribution in [0.1, 0.15) is 15.9 Å². The van der Waals surface area contributed by atoms with Crippen LogP contribution in [-0.4, -0.2) is 25.3 Å². The highest BCUT2D eigenvalue weighted by Gasteiger charge is 2.09. The average Bonchev–Trinajstić information content (AvgIpc) is 3.25. The molecule has 7 heteroatoms. The molecule has 30 heavy (non-hydrogen) atoms. The maximum Gasteiger partial charge on any atom is 0.251 e. The number of carbonyl (C=O) groups excluding carboxylic acids is 1. The fourth-order valence-corrected chi connectivity index (χ4v) is 3.27. The first kappa shape index (κ1) is 17.9. The third-order valence-corrected chi connectivity index (χ3v) is 4.85. The summed E-state index contributed by atoms with van der Waals surface area (Å²) >= 11 is 0. The number of pyridine rings is 1. The highest BCUT2D eigenvalue weighted by Crippen LogP contribution is 2.20. The Morgan fingerprint density at radius 1 is 1.00 bits per heavy atom. The Hall–Kier alpha value is -4.13. The number of nitrogens with zero attached hydrogens (tertiary/aromatic N) is 4. The SMILES string of the molecule is O=C(NCc1ccc2nccn2c1)c1ccc2ncc(-c3ccc(F)cc3)nc2c1. The second kappa shape index (κ2) is 7.36. The third kappa shape index (κ3) is 3.48. The van der Waals surface area contributed by atoms with Crippen molar-refractivity contribution in [1.82, 2.24) is 24.7 Å². The Labute approximate surface area is 171 Å². The van der Waals surface area contributed by atoms with Gasteiger partial charge in [-0.05, 0) is 54.1 Å². The summed E-state index contributed by atoms with van der Waals surface area (Å²) in [6.07, 6.45) is 7.17. The molecule has 146 valence electrons. The molecule has 3 heterocycles. The fourth-order valence-electron chi connectivity index (χ4n) is 3.27. The van der Waals surface area contributed by atoms with Crippen LogP contribution < -0.4 is 5.32 Å². The number of nitrogens with one attached hydrogen (secondary N) is 1. The summed E-state index contributed by atoms with van der Waals surface area (Å²) < 4.78 is 15.1. The summed E-state index contributed by atoms with van der Waals surface area (Å²) in [5.41, 5.74) is 4.98. The summed E-state index contributed by atoms with van der Waals surface area (Å²) in [5, 5.41) is 2.93. The summed E-state index contributed by atoms with van der Waals surface area (Å²) in [6.45, 7) is 0.395. The minimum atomic E-state index is -0.307. The molecule has 0 spiro atoms. The number of halogens is 1. The third-order valence-electron chi connectivity index (χ3n) is 4.85. The highest BCUT2D eigenvalue weighted by atomic mass is 19.1. The molecule has 0 aliphatic heterocycles. The standard InChI is InChI=1S/C23H16FN5O/c24-18-5-2-16(3-6-18)21-13-26-19-7-4-17(11-20(19)28-21)23(30)27-12-15-1-8-22-25-9-10-29(22)14-15/h1-11,13-14H,12H2,(H,27,30). The van der Waals surface area contributed by atoms with Crippen molar-refractivity contribution in [2.45, 2.75) is 6.54 Å². The lowest BCUT2D eigenvalue weighted by atomic mass is 10.1. The molecule has 0 aliphatic carbocycles. The van der Waals surface area contributed by atoms with Crippen molar-refractivity contribution in [3.63, 3.8) is 0 Å². The Kier molecular flexibility index (Phi) is 4.40. The van der Waals surface area contributed by atoms with E-state index in [0.717, 1.165) is 16.8 Å². The largest absolute Gasteiger partial charge is 0.348 e. The van der Waals surface area contributed by atoms with Crippen LogP contribution in [0, 0.1) is 5.82 Å². The minimum absolute atomic E-state index is 0.198. The van der Waals surface area contributed by atoms with Crippen molar-refractivity contribution in [3.8, 4) is 11.3 Å². The first-order valence-electron chi connectivity index (χ1n) is 9.38. The number of amides is 1. The lowest BCUT2D eigenvalue weighted by Gasteiger charge is -2.08. The van der Waals surface area contributed by atoms with Crippen LogP contribution >= 0.6 is 0 Å². The van der Waals surface area contributed by atoms with Gasteiger partial charge >= 0.3 is 0 Å². The van der Waals surface area contributed by atoms with Gasteiger partial charge in [0.05, 0.1) is 22.9 Å². The molecule has 0 fully saturated rings. The van der Waals surface area contributed by atoms with Gasteiger partial charge in [-0.3, -0.25) is 9.78 Å². The lowest BCUT2D eigenvalue weighted by molar-refractivity contribution is 0.0951. The number of hydrogen-bond donors (Lipinski definition) is 1. The summed E-state index contributed by atoms with van der Waals surface area (Å²) in [5.74, 6) is -0.504. The van der Waals surface area contributed by atoms with Gasteiger partial charge in [-0.15, -0.1) is 0 Å². The normalized spacial score (nSPS) is 11.1. The van der Waals surface area contributed by atoms with Crippen LogP contribution in [-0.2, 0) is 6.54 Å². The second-order valence-electron chi connectivity index (χ2n) is 6.88. The molecule has 0 aliphatic rings. The molecule has 6 nitrogen and oxygen atoms in total. The van der Waals surface area contributed by atoms with E-state index in [9.17, 15) is 9.18 Å². The van der Waals surface area contributed by atoms with Gasteiger partial charge < -0.3 is 9.72 Å². The van der Waals surface area contributed by atoms with Crippen molar-refractivity contribution < 1.29 is 9.18 Å². The molecular formula is C23H16FN5O. The van der Waals surface area contributed by atoms with Gasteiger partial charge in [0.2, 0.25) is 0 Å². The van der Waals surface area contributed by atoms with Gasteiger partial charge in [-0.2, -0.15) is 0 Å². The number of benzene rings is 2. The highest BCUT2D eigenvalue weighted by molar-refractivity contribution is 5.97. The zero-order valence-electron chi connectivity index (χ0n) is 15.8. The summed E-state index contributed by atoms with van der Waals surface area (Å²) in [6, 6.07) is 15.1. The molecule has 0 bridgehead atoms. The van der Waals surface area contributed by atoms with E-state index in [0.29, 0.717) is 28.8 Å². The van der Waals surface area contributed by atoms with Gasteiger partial charge in [-0.1, -0.05) is 6.07 Å². The van der Waals surface area contributed by atoms with E-state index in [-0.39, 0.29) is 11.7 Å². The van der Waals surface area contributed by atoms with Crippen LogP contribution in [0.4, 0.5) is 4.39 Å². The Morgan fingerprint density at radius 2 is 1.87 bits per heavy atom. The van der Waals surface area contributed by atoms with Gasteiger partial charge in [-0.25, -0.2) is 14.4 Å². The zero-order chi connectivity index (χ0) is 20.5. The molecule has 0 radical (unpaired) electrons. The van der Waals surface area contributed by atoms with Crippen LogP contribution in [0.3, 0.4) is 0 Å². The minimum Gasteiger partial charge on any atom is -0.348 e. The van der Waals surface area contributed by atoms with Crippen molar-refractivity contribution in [3.05, 3.63) is 96.3 Å². The summed E-state index contributed by atoms with van der Waals surface area (Å²) in [4.78, 5) is 25.8. The molecule has 3 aromatic heterocycles. The predicted molar refractivity (Wildman–Crippen MR) is 111 cm³/mol. The molecule has 1 N–H and O–H groups in total. The number of hydrogen-bond acceptors (Lipinski definition) is 4. The molecule has 0 saturated carbocycles. The molecular weight excluding hydrogens is 381 g/mol. The first-order chi connectivity index (χ1) is 14.7. The topological polar surface area (TPSA) is 72.2 Å². The Balaban J connectivity index is 1.37. The number of aromatic nitrogens is 4. The molecule has 5 aromatic rings. The average molecular weight is 397 g/mol. The van der Waals surface area contributed by atoms with Gasteiger partial charge in [0.1, 0.15) is 11.5 Å². The molecule has 1 amide bonds. The predicted octanol–water partition coefficient (Wildman–Crippen LogP) is 4.01. The maximum atomic E-state index is 13.2. The zero-order valence-corrected chi connectivity index (χ0v) is 15.8. The number of fused-ring (bicyclic) bond motifs is 2. The van der Waals surface area contributed by atoms with E-state index in [4.69, 9.17) is 0 Å². The van der Waals surface area contributed by atoms with E-state index >= 15 is 0 Å². The smallest absolute Gasteiger partial charge is 0.251 e. The number of carbonyl (C=O) groups is 1.